The third kappa shape index (κ3) is 4.01. The highest BCUT2D eigenvalue weighted by molar-refractivity contribution is 7.90. The Kier molecular flexibility index (Phi) is 5.45. The van der Waals surface area contributed by atoms with Crippen LogP contribution in [-0.2, 0) is 9.84 Å². The van der Waals surface area contributed by atoms with E-state index < -0.39 is 9.84 Å². The van der Waals surface area contributed by atoms with Gasteiger partial charge in [0.1, 0.15) is 5.82 Å². The summed E-state index contributed by atoms with van der Waals surface area (Å²) in [7, 11) is -3.28. The van der Waals surface area contributed by atoms with E-state index in [-0.39, 0.29) is 0 Å². The van der Waals surface area contributed by atoms with Crippen molar-refractivity contribution in [1.82, 2.24) is 9.55 Å². The maximum Gasteiger partial charge on any atom is 0.175 e. The Hall–Kier alpha value is -2.60. The SMILES string of the molecule is Cc1cc(-c2ccc(-n3ccnc3-c3c(Cl)cccc3Cl)cc2)cc(S(C)(=O)=O)c1. The summed E-state index contributed by atoms with van der Waals surface area (Å²) in [6.07, 6.45) is 4.76. The van der Waals surface area contributed by atoms with Gasteiger partial charge in [0, 0.05) is 24.3 Å². The Labute approximate surface area is 185 Å². The van der Waals surface area contributed by atoms with E-state index in [4.69, 9.17) is 23.2 Å². The largest absolute Gasteiger partial charge is 0.300 e. The van der Waals surface area contributed by atoms with E-state index in [1.807, 2.05) is 48.0 Å². The Morgan fingerprint density at radius 3 is 2.20 bits per heavy atom. The third-order valence-corrected chi connectivity index (χ3v) is 6.51. The minimum atomic E-state index is -3.28. The number of hydrogen-bond donors (Lipinski definition) is 0. The molecule has 0 bridgehead atoms. The standard InChI is InChI=1S/C23H18Cl2N2O2S/c1-15-12-17(14-19(13-15)30(2,28)29)16-6-8-18(9-7-16)27-11-10-26-23(27)22-20(24)4-3-5-21(22)25/h3-14H,1-2H3. The van der Waals surface area contributed by atoms with E-state index in [9.17, 15) is 8.42 Å². The molecule has 0 aliphatic carbocycles. The van der Waals surface area contributed by atoms with E-state index in [2.05, 4.69) is 4.98 Å². The number of aromatic nitrogens is 2. The number of aryl methyl sites for hydroxylation is 1. The summed E-state index contributed by atoms with van der Waals surface area (Å²) in [5, 5.41) is 1.05. The molecule has 0 radical (unpaired) electrons. The predicted molar refractivity (Wildman–Crippen MR) is 122 cm³/mol. The number of halogens is 2. The average Bonchev–Trinajstić information content (AvgIpc) is 3.16. The first-order valence-electron chi connectivity index (χ1n) is 9.14. The molecular formula is C23H18Cl2N2O2S. The lowest BCUT2D eigenvalue weighted by atomic mass is 10.0. The Bertz CT molecular complexity index is 1320. The Balaban J connectivity index is 1.75. The van der Waals surface area contributed by atoms with Crippen molar-refractivity contribution in [2.24, 2.45) is 0 Å². The molecule has 0 aliphatic heterocycles. The average molecular weight is 457 g/mol. The van der Waals surface area contributed by atoms with Gasteiger partial charge in [0.25, 0.3) is 0 Å². The summed E-state index contributed by atoms with van der Waals surface area (Å²) in [5.41, 5.74) is 4.22. The number of hydrogen-bond acceptors (Lipinski definition) is 3. The van der Waals surface area contributed by atoms with E-state index in [1.165, 1.54) is 6.26 Å². The summed E-state index contributed by atoms with van der Waals surface area (Å²) in [5.74, 6) is 0.647. The summed E-state index contributed by atoms with van der Waals surface area (Å²) < 4.78 is 25.9. The van der Waals surface area contributed by atoms with Gasteiger partial charge in [0.15, 0.2) is 9.84 Å². The van der Waals surface area contributed by atoms with Crippen molar-refractivity contribution >= 4 is 33.0 Å². The molecule has 0 N–H and O–H groups in total. The van der Waals surface area contributed by atoms with Crippen LogP contribution in [0.25, 0.3) is 28.2 Å². The van der Waals surface area contributed by atoms with Crippen LogP contribution in [0.1, 0.15) is 5.56 Å². The van der Waals surface area contributed by atoms with Crippen LogP contribution in [0.15, 0.2) is 78.0 Å². The molecule has 0 fully saturated rings. The zero-order valence-electron chi connectivity index (χ0n) is 16.3. The molecule has 152 valence electrons. The number of benzene rings is 3. The monoisotopic (exact) mass is 456 g/mol. The van der Waals surface area contributed by atoms with Gasteiger partial charge < -0.3 is 0 Å². The van der Waals surface area contributed by atoms with Crippen LogP contribution in [0.2, 0.25) is 10.0 Å². The van der Waals surface area contributed by atoms with Crippen molar-refractivity contribution in [3.8, 4) is 28.2 Å². The second-order valence-electron chi connectivity index (χ2n) is 7.07. The molecule has 0 amide bonds. The third-order valence-electron chi connectivity index (χ3n) is 4.78. The molecule has 0 aliphatic rings. The topological polar surface area (TPSA) is 52.0 Å². The van der Waals surface area contributed by atoms with Gasteiger partial charge in [-0.1, -0.05) is 47.5 Å². The summed E-state index contributed by atoms with van der Waals surface area (Å²) in [4.78, 5) is 4.75. The first-order chi connectivity index (χ1) is 14.2. The highest BCUT2D eigenvalue weighted by Crippen LogP contribution is 2.35. The number of rotatable bonds is 4. The number of imidazole rings is 1. The molecule has 0 atom stereocenters. The lowest BCUT2D eigenvalue weighted by Gasteiger charge is -2.12. The van der Waals surface area contributed by atoms with Crippen molar-refractivity contribution < 1.29 is 8.42 Å². The Morgan fingerprint density at radius 1 is 0.900 bits per heavy atom. The fourth-order valence-corrected chi connectivity index (χ4v) is 4.66. The zero-order chi connectivity index (χ0) is 21.5. The fraction of sp³-hybridized carbons (Fsp3) is 0.0870. The minimum absolute atomic E-state index is 0.312. The fourth-order valence-electron chi connectivity index (χ4n) is 3.35. The van der Waals surface area contributed by atoms with Crippen molar-refractivity contribution in [2.75, 3.05) is 6.26 Å². The molecule has 0 unspecified atom stereocenters. The quantitative estimate of drug-likeness (QED) is 0.365. The van der Waals surface area contributed by atoms with E-state index in [0.717, 1.165) is 22.4 Å². The molecule has 30 heavy (non-hydrogen) atoms. The lowest BCUT2D eigenvalue weighted by Crippen LogP contribution is -1.99. The van der Waals surface area contributed by atoms with Crippen LogP contribution in [0.4, 0.5) is 0 Å². The van der Waals surface area contributed by atoms with Crippen LogP contribution >= 0.6 is 23.2 Å². The summed E-state index contributed by atoms with van der Waals surface area (Å²) in [6.45, 7) is 1.89. The molecule has 7 heteroatoms. The van der Waals surface area contributed by atoms with Crippen LogP contribution in [0.3, 0.4) is 0 Å². The van der Waals surface area contributed by atoms with Gasteiger partial charge in [-0.25, -0.2) is 13.4 Å². The summed E-state index contributed by atoms with van der Waals surface area (Å²) >= 11 is 12.7. The maximum absolute atomic E-state index is 12.0. The van der Waals surface area contributed by atoms with Crippen LogP contribution in [0.5, 0.6) is 0 Å². The van der Waals surface area contributed by atoms with Crippen molar-refractivity contribution in [3.05, 3.63) is 88.7 Å². The molecule has 3 aromatic carbocycles. The lowest BCUT2D eigenvalue weighted by molar-refractivity contribution is 0.602. The van der Waals surface area contributed by atoms with Gasteiger partial charge >= 0.3 is 0 Å². The van der Waals surface area contributed by atoms with E-state index in [1.54, 1.807) is 36.5 Å². The molecule has 4 rings (SSSR count). The predicted octanol–water partition coefficient (Wildman–Crippen LogP) is 6.23. The summed E-state index contributed by atoms with van der Waals surface area (Å²) in [6, 6.07) is 18.5. The van der Waals surface area contributed by atoms with Crippen LogP contribution < -0.4 is 0 Å². The van der Waals surface area contributed by atoms with Gasteiger partial charge in [-0.3, -0.25) is 4.57 Å². The van der Waals surface area contributed by atoms with E-state index >= 15 is 0 Å². The first-order valence-corrected chi connectivity index (χ1v) is 11.8. The van der Waals surface area contributed by atoms with Gasteiger partial charge in [-0.2, -0.15) is 0 Å². The van der Waals surface area contributed by atoms with Crippen molar-refractivity contribution in [1.29, 1.82) is 0 Å². The van der Waals surface area contributed by atoms with Gasteiger partial charge in [0.05, 0.1) is 20.5 Å². The molecular weight excluding hydrogens is 439 g/mol. The molecule has 0 spiro atoms. The van der Waals surface area contributed by atoms with Crippen LogP contribution in [-0.4, -0.2) is 24.2 Å². The van der Waals surface area contributed by atoms with Gasteiger partial charge in [-0.05, 0) is 60.0 Å². The number of sulfone groups is 1. The van der Waals surface area contributed by atoms with Crippen molar-refractivity contribution in [2.45, 2.75) is 11.8 Å². The van der Waals surface area contributed by atoms with Crippen molar-refractivity contribution in [3.63, 3.8) is 0 Å². The minimum Gasteiger partial charge on any atom is -0.300 e. The van der Waals surface area contributed by atoms with Gasteiger partial charge in [-0.15, -0.1) is 0 Å². The molecule has 4 nitrogen and oxygen atoms in total. The highest BCUT2D eigenvalue weighted by atomic mass is 35.5. The molecule has 1 heterocycles. The van der Waals surface area contributed by atoms with Gasteiger partial charge in [0.2, 0.25) is 0 Å². The smallest absolute Gasteiger partial charge is 0.175 e. The number of nitrogens with zero attached hydrogens (tertiary/aromatic N) is 2. The Morgan fingerprint density at radius 2 is 1.57 bits per heavy atom. The molecule has 0 saturated carbocycles. The molecule has 0 saturated heterocycles. The second-order valence-corrected chi connectivity index (χ2v) is 9.90. The zero-order valence-corrected chi connectivity index (χ0v) is 18.6. The normalized spacial score (nSPS) is 11.6. The van der Waals surface area contributed by atoms with Crippen LogP contribution in [0, 0.1) is 6.92 Å². The molecule has 1 aromatic heterocycles. The first kappa shape index (κ1) is 20.7. The second kappa shape index (κ2) is 7.91. The maximum atomic E-state index is 12.0. The molecule has 4 aromatic rings. The highest BCUT2D eigenvalue weighted by Gasteiger charge is 2.15. The van der Waals surface area contributed by atoms with E-state index in [0.29, 0.717) is 26.3 Å².